The van der Waals surface area contributed by atoms with Crippen molar-refractivity contribution in [1.29, 1.82) is 0 Å². The van der Waals surface area contributed by atoms with Crippen LogP contribution in [0.2, 0.25) is 0 Å². The number of anilines is 1. The molecule has 0 radical (unpaired) electrons. The van der Waals surface area contributed by atoms with E-state index in [9.17, 15) is 18.0 Å². The zero-order valence-corrected chi connectivity index (χ0v) is 18.2. The second-order valence-corrected chi connectivity index (χ2v) is 8.02. The zero-order chi connectivity index (χ0) is 22.3. The normalized spacial score (nSPS) is 10.9. The molecule has 0 spiro atoms. The molecule has 2 aromatic rings. The van der Waals surface area contributed by atoms with Crippen molar-refractivity contribution in [3.63, 3.8) is 0 Å². The SMILES string of the molecule is CCOC(=O)c1cccc(N(CC(=O)OC)S(=O)(=O)c2ccc(OCC)cc2)c1C. The number of nitrogens with zero attached hydrogens (tertiary/aromatic N) is 1. The third-order valence-electron chi connectivity index (χ3n) is 4.29. The van der Waals surface area contributed by atoms with E-state index in [-0.39, 0.29) is 22.8 Å². The first kappa shape index (κ1) is 23.2. The molecule has 0 aliphatic rings. The summed E-state index contributed by atoms with van der Waals surface area (Å²) in [6, 6.07) is 10.5. The molecular formula is C21H25NO7S. The number of carbonyl (C=O) groups is 2. The highest BCUT2D eigenvalue weighted by atomic mass is 32.2. The van der Waals surface area contributed by atoms with Gasteiger partial charge in [-0.3, -0.25) is 9.10 Å². The molecule has 9 heteroatoms. The topological polar surface area (TPSA) is 99.2 Å². The van der Waals surface area contributed by atoms with Crippen LogP contribution in [0, 0.1) is 6.92 Å². The summed E-state index contributed by atoms with van der Waals surface area (Å²) in [4.78, 5) is 24.2. The van der Waals surface area contributed by atoms with Crippen LogP contribution >= 0.6 is 0 Å². The van der Waals surface area contributed by atoms with E-state index >= 15 is 0 Å². The molecule has 30 heavy (non-hydrogen) atoms. The summed E-state index contributed by atoms with van der Waals surface area (Å²) in [5.74, 6) is -0.796. The van der Waals surface area contributed by atoms with Gasteiger partial charge in [0.2, 0.25) is 0 Å². The smallest absolute Gasteiger partial charge is 0.338 e. The maximum Gasteiger partial charge on any atom is 0.338 e. The minimum absolute atomic E-state index is 0.0317. The van der Waals surface area contributed by atoms with Gasteiger partial charge in [-0.1, -0.05) is 6.07 Å². The molecule has 0 unspecified atom stereocenters. The largest absolute Gasteiger partial charge is 0.494 e. The van der Waals surface area contributed by atoms with Crippen LogP contribution in [-0.2, 0) is 24.3 Å². The third kappa shape index (κ3) is 5.10. The van der Waals surface area contributed by atoms with Crippen molar-refractivity contribution in [1.82, 2.24) is 0 Å². The molecule has 0 fully saturated rings. The molecule has 162 valence electrons. The second kappa shape index (κ2) is 10.1. The summed E-state index contributed by atoms with van der Waals surface area (Å²) in [5, 5.41) is 0. The van der Waals surface area contributed by atoms with Crippen molar-refractivity contribution in [2.45, 2.75) is 25.7 Å². The van der Waals surface area contributed by atoms with Crippen molar-refractivity contribution < 1.29 is 32.2 Å². The van der Waals surface area contributed by atoms with Crippen LogP contribution in [0.1, 0.15) is 29.8 Å². The summed E-state index contributed by atoms with van der Waals surface area (Å²) in [6.45, 7) is 5.16. The van der Waals surface area contributed by atoms with Crippen molar-refractivity contribution in [2.75, 3.05) is 31.2 Å². The first-order valence-corrected chi connectivity index (χ1v) is 10.8. The van der Waals surface area contributed by atoms with Crippen LogP contribution in [0.3, 0.4) is 0 Å². The van der Waals surface area contributed by atoms with Gasteiger partial charge in [0.1, 0.15) is 12.3 Å². The van der Waals surface area contributed by atoms with Crippen LogP contribution in [0.25, 0.3) is 0 Å². The number of hydrogen-bond donors (Lipinski definition) is 0. The Kier molecular flexibility index (Phi) is 7.82. The Morgan fingerprint density at radius 3 is 2.23 bits per heavy atom. The first-order chi connectivity index (χ1) is 14.3. The summed E-state index contributed by atoms with van der Waals surface area (Å²) in [5.41, 5.74) is 0.764. The van der Waals surface area contributed by atoms with E-state index in [4.69, 9.17) is 9.47 Å². The summed E-state index contributed by atoms with van der Waals surface area (Å²) >= 11 is 0. The maximum atomic E-state index is 13.4. The minimum atomic E-state index is -4.14. The first-order valence-electron chi connectivity index (χ1n) is 9.35. The number of carbonyl (C=O) groups excluding carboxylic acids is 2. The quantitative estimate of drug-likeness (QED) is 0.558. The molecule has 0 N–H and O–H groups in total. The third-order valence-corrected chi connectivity index (χ3v) is 6.07. The predicted octanol–water partition coefficient (Wildman–Crippen LogP) is 2.94. The Labute approximate surface area is 176 Å². The van der Waals surface area contributed by atoms with Crippen LogP contribution in [-0.4, -0.2) is 47.2 Å². The minimum Gasteiger partial charge on any atom is -0.494 e. The molecule has 8 nitrogen and oxygen atoms in total. The fourth-order valence-electron chi connectivity index (χ4n) is 2.81. The number of esters is 2. The van der Waals surface area contributed by atoms with Crippen molar-refractivity contribution in [2.24, 2.45) is 0 Å². The molecule has 0 aromatic heterocycles. The molecule has 0 aliphatic carbocycles. The van der Waals surface area contributed by atoms with Crippen LogP contribution in [0.4, 0.5) is 5.69 Å². The summed E-state index contributed by atoms with van der Waals surface area (Å²) < 4.78 is 42.7. The molecule has 2 aromatic carbocycles. The van der Waals surface area contributed by atoms with Crippen LogP contribution in [0.5, 0.6) is 5.75 Å². The lowest BCUT2D eigenvalue weighted by atomic mass is 10.1. The predicted molar refractivity (Wildman–Crippen MR) is 111 cm³/mol. The summed E-state index contributed by atoms with van der Waals surface area (Å²) in [7, 11) is -2.97. The van der Waals surface area contributed by atoms with Gasteiger partial charge in [-0.2, -0.15) is 0 Å². The Morgan fingerprint density at radius 1 is 1.00 bits per heavy atom. The van der Waals surface area contributed by atoms with Crippen LogP contribution in [0.15, 0.2) is 47.4 Å². The van der Waals surface area contributed by atoms with E-state index in [1.54, 1.807) is 13.8 Å². The molecule has 0 atom stereocenters. The van der Waals surface area contributed by atoms with E-state index < -0.39 is 28.5 Å². The van der Waals surface area contributed by atoms with Gasteiger partial charge in [0.15, 0.2) is 0 Å². The van der Waals surface area contributed by atoms with E-state index in [2.05, 4.69) is 4.74 Å². The van der Waals surface area contributed by atoms with Gasteiger partial charge in [-0.25, -0.2) is 13.2 Å². The molecule has 0 saturated carbocycles. The standard InChI is InChI=1S/C21H25NO7S/c1-5-28-16-10-12-17(13-11-16)30(25,26)22(14-20(23)27-4)19-9-7-8-18(15(19)3)21(24)29-6-2/h7-13H,5-6,14H2,1-4H3. The number of sulfonamides is 1. The fourth-order valence-corrected chi connectivity index (χ4v) is 4.27. The van der Waals surface area contributed by atoms with Gasteiger partial charge in [0.25, 0.3) is 10.0 Å². The van der Waals surface area contributed by atoms with E-state index in [0.717, 1.165) is 4.31 Å². The Hall–Kier alpha value is -3.07. The van der Waals surface area contributed by atoms with Gasteiger partial charge < -0.3 is 14.2 Å². The van der Waals surface area contributed by atoms with Gasteiger partial charge in [-0.05, 0) is 62.7 Å². The van der Waals surface area contributed by atoms with Crippen molar-refractivity contribution >= 4 is 27.6 Å². The van der Waals surface area contributed by atoms with E-state index in [0.29, 0.717) is 17.9 Å². The fraction of sp³-hybridized carbons (Fsp3) is 0.333. The Bertz CT molecular complexity index is 1000. The van der Waals surface area contributed by atoms with Gasteiger partial charge in [0, 0.05) is 0 Å². The highest BCUT2D eigenvalue weighted by Crippen LogP contribution is 2.30. The molecule has 0 bridgehead atoms. The Morgan fingerprint density at radius 2 is 1.67 bits per heavy atom. The van der Waals surface area contributed by atoms with Crippen molar-refractivity contribution in [3.8, 4) is 5.75 Å². The molecule has 0 heterocycles. The van der Waals surface area contributed by atoms with Gasteiger partial charge in [0.05, 0.1) is 36.5 Å². The molecule has 0 amide bonds. The van der Waals surface area contributed by atoms with E-state index in [1.807, 2.05) is 6.92 Å². The number of ether oxygens (including phenoxy) is 3. The number of rotatable bonds is 9. The molecule has 2 rings (SSSR count). The highest BCUT2D eigenvalue weighted by Gasteiger charge is 2.30. The maximum absolute atomic E-state index is 13.4. The lowest BCUT2D eigenvalue weighted by Gasteiger charge is -2.25. The average molecular weight is 435 g/mol. The summed E-state index contributed by atoms with van der Waals surface area (Å²) in [6.07, 6.45) is 0. The lowest BCUT2D eigenvalue weighted by molar-refractivity contribution is -0.138. The second-order valence-electron chi connectivity index (χ2n) is 6.16. The van der Waals surface area contributed by atoms with Crippen LogP contribution < -0.4 is 9.04 Å². The van der Waals surface area contributed by atoms with E-state index in [1.165, 1.54) is 49.6 Å². The highest BCUT2D eigenvalue weighted by molar-refractivity contribution is 7.92. The molecule has 0 saturated heterocycles. The van der Waals surface area contributed by atoms with Gasteiger partial charge in [-0.15, -0.1) is 0 Å². The monoisotopic (exact) mass is 435 g/mol. The lowest BCUT2D eigenvalue weighted by Crippen LogP contribution is -2.37. The van der Waals surface area contributed by atoms with Crippen molar-refractivity contribution in [3.05, 3.63) is 53.6 Å². The number of methoxy groups -OCH3 is 1. The van der Waals surface area contributed by atoms with Gasteiger partial charge >= 0.3 is 11.9 Å². The molecule has 0 aliphatic heterocycles. The molecular weight excluding hydrogens is 410 g/mol. The Balaban J connectivity index is 2.57. The number of hydrogen-bond acceptors (Lipinski definition) is 7. The number of benzene rings is 2. The zero-order valence-electron chi connectivity index (χ0n) is 17.4. The average Bonchev–Trinajstić information content (AvgIpc) is 2.73.